The molecule has 0 fully saturated rings. The van der Waals surface area contributed by atoms with Gasteiger partial charge in [0.25, 0.3) is 5.91 Å². The fraction of sp³-hybridized carbons (Fsp3) is 0.304. The fourth-order valence-corrected chi connectivity index (χ4v) is 5.00. The third kappa shape index (κ3) is 2.17. The SMILES string of the molecule is CCNC(=O)N1CCc2c([nH]c3ccc(C)cc23)[C@@]12C(=O)N(C)c1ccccc12. The van der Waals surface area contributed by atoms with Crippen LogP contribution >= 0.6 is 0 Å². The summed E-state index contributed by atoms with van der Waals surface area (Å²) in [5.41, 5.74) is 4.63. The number of hydrogen-bond acceptors (Lipinski definition) is 2. The van der Waals surface area contributed by atoms with E-state index in [1.54, 1.807) is 16.8 Å². The first-order chi connectivity index (χ1) is 14.0. The second-order valence-electron chi connectivity index (χ2n) is 7.86. The summed E-state index contributed by atoms with van der Waals surface area (Å²) >= 11 is 0. The van der Waals surface area contributed by atoms with Crippen molar-refractivity contribution in [2.75, 3.05) is 25.0 Å². The first-order valence-electron chi connectivity index (χ1n) is 10.0. The zero-order chi connectivity index (χ0) is 20.3. The normalized spacial score (nSPS) is 20.3. The lowest BCUT2D eigenvalue weighted by Crippen LogP contribution is -2.61. The van der Waals surface area contributed by atoms with Crippen LogP contribution in [0, 0.1) is 6.92 Å². The maximum absolute atomic E-state index is 13.8. The first kappa shape index (κ1) is 17.8. The molecule has 0 aliphatic carbocycles. The molecule has 2 aliphatic rings. The van der Waals surface area contributed by atoms with E-state index < -0.39 is 5.54 Å². The number of carbonyl (C=O) groups excluding carboxylic acids is 2. The van der Waals surface area contributed by atoms with E-state index in [0.717, 1.165) is 33.4 Å². The number of aromatic amines is 1. The maximum Gasteiger partial charge on any atom is 0.318 e. The van der Waals surface area contributed by atoms with Gasteiger partial charge in [-0.1, -0.05) is 29.8 Å². The van der Waals surface area contributed by atoms with Crippen LogP contribution in [0.25, 0.3) is 10.9 Å². The zero-order valence-corrected chi connectivity index (χ0v) is 16.9. The predicted octanol–water partition coefficient (Wildman–Crippen LogP) is 3.28. The average Bonchev–Trinajstić information content (AvgIpc) is 3.19. The standard InChI is InChI=1S/C23H24N4O2/c1-4-24-22(29)27-12-11-15-16-13-14(2)9-10-18(16)25-20(15)23(27)17-7-5-6-8-19(17)26(3)21(23)28/h5-10,13,25H,4,11-12H2,1-3H3,(H,24,29)/t23-/m0/s1. The lowest BCUT2D eigenvalue weighted by molar-refractivity contribution is -0.126. The minimum absolute atomic E-state index is 0.103. The van der Waals surface area contributed by atoms with Crippen LogP contribution in [0.4, 0.5) is 10.5 Å². The van der Waals surface area contributed by atoms with Gasteiger partial charge in [-0.25, -0.2) is 4.79 Å². The molecule has 2 aliphatic heterocycles. The van der Waals surface area contributed by atoms with Gasteiger partial charge in [0.05, 0.1) is 5.69 Å². The molecule has 0 saturated heterocycles. The van der Waals surface area contributed by atoms with E-state index in [9.17, 15) is 9.59 Å². The van der Waals surface area contributed by atoms with Crippen molar-refractivity contribution in [2.24, 2.45) is 0 Å². The number of anilines is 1. The minimum Gasteiger partial charge on any atom is -0.355 e. The van der Waals surface area contributed by atoms with Crippen molar-refractivity contribution in [3.05, 3.63) is 64.8 Å². The highest BCUT2D eigenvalue weighted by molar-refractivity contribution is 6.12. The molecule has 2 N–H and O–H groups in total. The van der Waals surface area contributed by atoms with Crippen molar-refractivity contribution in [1.29, 1.82) is 0 Å². The molecule has 5 rings (SSSR count). The maximum atomic E-state index is 13.8. The van der Waals surface area contributed by atoms with Gasteiger partial charge < -0.3 is 20.1 Å². The number of fused-ring (bicyclic) bond motifs is 6. The molecule has 2 aromatic carbocycles. The summed E-state index contributed by atoms with van der Waals surface area (Å²) in [5.74, 6) is -0.103. The number of rotatable bonds is 1. The topological polar surface area (TPSA) is 68.4 Å². The van der Waals surface area contributed by atoms with Crippen molar-refractivity contribution in [1.82, 2.24) is 15.2 Å². The van der Waals surface area contributed by atoms with Crippen LogP contribution in [0.5, 0.6) is 0 Å². The molecule has 0 unspecified atom stereocenters. The Hall–Kier alpha value is -3.28. The van der Waals surface area contributed by atoms with Gasteiger partial charge >= 0.3 is 6.03 Å². The molecule has 1 atom stereocenters. The van der Waals surface area contributed by atoms with Gasteiger partial charge in [-0.05, 0) is 44.0 Å². The number of aromatic nitrogens is 1. The van der Waals surface area contributed by atoms with E-state index in [4.69, 9.17) is 0 Å². The lowest BCUT2D eigenvalue weighted by atomic mass is 9.80. The Labute approximate surface area is 169 Å². The van der Waals surface area contributed by atoms with Crippen molar-refractivity contribution in [3.8, 4) is 0 Å². The Morgan fingerprint density at radius 3 is 2.83 bits per heavy atom. The van der Waals surface area contributed by atoms with E-state index in [-0.39, 0.29) is 11.9 Å². The third-order valence-corrected chi connectivity index (χ3v) is 6.26. The van der Waals surface area contributed by atoms with Crippen LogP contribution in [0.15, 0.2) is 42.5 Å². The molecule has 3 heterocycles. The lowest BCUT2D eigenvalue weighted by Gasteiger charge is -2.43. The number of nitrogens with one attached hydrogen (secondary N) is 2. The minimum atomic E-state index is -1.18. The molecule has 3 aromatic rings. The summed E-state index contributed by atoms with van der Waals surface area (Å²) < 4.78 is 0. The largest absolute Gasteiger partial charge is 0.355 e. The van der Waals surface area contributed by atoms with Crippen molar-refractivity contribution in [3.63, 3.8) is 0 Å². The number of aryl methyl sites for hydroxylation is 1. The molecule has 0 bridgehead atoms. The van der Waals surface area contributed by atoms with Crippen molar-refractivity contribution < 1.29 is 9.59 Å². The molecule has 29 heavy (non-hydrogen) atoms. The average molecular weight is 388 g/mol. The van der Waals surface area contributed by atoms with Crippen molar-refractivity contribution >= 4 is 28.5 Å². The van der Waals surface area contributed by atoms with Gasteiger partial charge in [-0.3, -0.25) is 4.79 Å². The van der Waals surface area contributed by atoms with Gasteiger partial charge in [0, 0.05) is 42.3 Å². The van der Waals surface area contributed by atoms with Crippen molar-refractivity contribution in [2.45, 2.75) is 25.8 Å². The van der Waals surface area contributed by atoms with E-state index in [1.165, 1.54) is 5.56 Å². The number of H-pyrrole nitrogens is 1. The molecule has 3 amide bonds. The molecule has 0 radical (unpaired) electrons. The Bertz CT molecular complexity index is 1160. The predicted molar refractivity (Wildman–Crippen MR) is 113 cm³/mol. The number of amides is 3. The highest BCUT2D eigenvalue weighted by Crippen LogP contribution is 2.51. The zero-order valence-electron chi connectivity index (χ0n) is 16.9. The van der Waals surface area contributed by atoms with Gasteiger partial charge in [-0.2, -0.15) is 0 Å². The van der Waals surface area contributed by atoms with E-state index in [2.05, 4.69) is 35.4 Å². The molecular formula is C23H24N4O2. The van der Waals surface area contributed by atoms with Gasteiger partial charge in [0.2, 0.25) is 0 Å². The molecule has 0 saturated carbocycles. The summed E-state index contributed by atoms with van der Waals surface area (Å²) in [6.07, 6.45) is 0.705. The molecule has 1 spiro atoms. The summed E-state index contributed by atoms with van der Waals surface area (Å²) in [4.78, 5) is 33.9. The molecule has 6 nitrogen and oxygen atoms in total. The summed E-state index contributed by atoms with van der Waals surface area (Å²) in [5, 5.41) is 4.04. The number of nitrogens with zero attached hydrogens (tertiary/aromatic N) is 2. The van der Waals surface area contributed by atoms with Crippen LogP contribution in [0.3, 0.4) is 0 Å². The number of likely N-dealkylation sites (N-methyl/N-ethyl adjacent to an activating group) is 1. The van der Waals surface area contributed by atoms with Gasteiger partial charge in [0.15, 0.2) is 5.54 Å². The Kier molecular flexibility index (Phi) is 3.75. The highest BCUT2D eigenvalue weighted by Gasteiger charge is 2.60. The number of benzene rings is 2. The van der Waals surface area contributed by atoms with Crippen LogP contribution in [0.1, 0.15) is 29.3 Å². The molecule has 6 heteroatoms. The van der Waals surface area contributed by atoms with Crippen LogP contribution in [-0.2, 0) is 16.8 Å². The quantitative estimate of drug-likeness (QED) is 0.672. The second kappa shape index (κ2) is 6.11. The fourth-order valence-electron chi connectivity index (χ4n) is 5.00. The third-order valence-electron chi connectivity index (χ3n) is 6.26. The summed E-state index contributed by atoms with van der Waals surface area (Å²) in [6, 6.07) is 13.8. The molecule has 1 aromatic heterocycles. The Balaban J connectivity index is 1.86. The van der Waals surface area contributed by atoms with Gasteiger partial charge in [-0.15, -0.1) is 0 Å². The van der Waals surface area contributed by atoms with Crippen LogP contribution < -0.4 is 10.2 Å². The smallest absolute Gasteiger partial charge is 0.318 e. The summed E-state index contributed by atoms with van der Waals surface area (Å²) in [7, 11) is 1.78. The summed E-state index contributed by atoms with van der Waals surface area (Å²) in [6.45, 7) is 4.95. The number of carbonyl (C=O) groups is 2. The van der Waals surface area contributed by atoms with Crippen LogP contribution in [0.2, 0.25) is 0 Å². The Morgan fingerprint density at radius 2 is 2.03 bits per heavy atom. The number of urea groups is 1. The van der Waals surface area contributed by atoms with E-state index >= 15 is 0 Å². The first-order valence-corrected chi connectivity index (χ1v) is 10.0. The molecule has 148 valence electrons. The molecular weight excluding hydrogens is 364 g/mol. The highest BCUT2D eigenvalue weighted by atomic mass is 16.2. The second-order valence-corrected chi connectivity index (χ2v) is 7.86. The van der Waals surface area contributed by atoms with E-state index in [0.29, 0.717) is 19.5 Å². The Morgan fingerprint density at radius 1 is 1.24 bits per heavy atom. The van der Waals surface area contributed by atoms with Gasteiger partial charge in [0.1, 0.15) is 0 Å². The monoisotopic (exact) mass is 388 g/mol. The number of para-hydroxylation sites is 1. The van der Waals surface area contributed by atoms with Crippen LogP contribution in [-0.4, -0.2) is 42.0 Å². The number of hydrogen-bond donors (Lipinski definition) is 2. The van der Waals surface area contributed by atoms with E-state index in [1.807, 2.05) is 31.2 Å².